The number of halogens is 1. The number of hydrogen-bond donors (Lipinski definition) is 3. The van der Waals surface area contributed by atoms with E-state index in [9.17, 15) is 14.4 Å². The monoisotopic (exact) mass is 399 g/mol. The zero-order valence-corrected chi connectivity index (χ0v) is 16.5. The van der Waals surface area contributed by atoms with Crippen molar-refractivity contribution in [2.45, 2.75) is 26.7 Å². The molecule has 0 radical (unpaired) electrons. The minimum absolute atomic E-state index is 0.00445. The van der Waals surface area contributed by atoms with Crippen LogP contribution in [0.4, 0.5) is 5.69 Å². The summed E-state index contributed by atoms with van der Waals surface area (Å²) in [5.74, 6) is -1.24. The maximum atomic E-state index is 12.0. The van der Waals surface area contributed by atoms with E-state index < -0.39 is 11.8 Å². The number of nitrogens with one attached hydrogen (secondary N) is 3. The van der Waals surface area contributed by atoms with Gasteiger partial charge >= 0.3 is 0 Å². The van der Waals surface area contributed by atoms with Gasteiger partial charge in [-0.05, 0) is 43.2 Å². The van der Waals surface area contributed by atoms with E-state index in [0.717, 1.165) is 11.1 Å². The molecule has 28 heavy (non-hydrogen) atoms. The number of anilines is 1. The Bertz CT molecular complexity index is 910. The van der Waals surface area contributed by atoms with Gasteiger partial charge < -0.3 is 5.32 Å². The van der Waals surface area contributed by atoms with Crippen LogP contribution in [0.5, 0.6) is 0 Å². The molecule has 0 bridgehead atoms. The van der Waals surface area contributed by atoms with Gasteiger partial charge in [0, 0.05) is 29.6 Å². The van der Waals surface area contributed by atoms with Crippen LogP contribution >= 0.6 is 11.6 Å². The van der Waals surface area contributed by atoms with E-state index in [2.05, 4.69) is 16.2 Å². The van der Waals surface area contributed by atoms with Crippen molar-refractivity contribution in [3.63, 3.8) is 0 Å². The molecule has 7 heteroatoms. The Morgan fingerprint density at radius 2 is 1.68 bits per heavy atom. The number of carbonyl (C=O) groups excluding carboxylic acids is 3. The second-order valence-electron chi connectivity index (χ2n) is 6.26. The van der Waals surface area contributed by atoms with Crippen LogP contribution in [0.1, 0.15) is 29.5 Å². The van der Waals surface area contributed by atoms with Crippen molar-refractivity contribution in [3.8, 4) is 0 Å². The minimum atomic E-state index is -0.506. The number of benzene rings is 2. The van der Waals surface area contributed by atoms with Gasteiger partial charge in [0.05, 0.1) is 0 Å². The fourth-order valence-corrected chi connectivity index (χ4v) is 2.60. The molecule has 0 aliphatic rings. The molecule has 3 N–H and O–H groups in total. The van der Waals surface area contributed by atoms with Gasteiger partial charge in [0.2, 0.25) is 11.8 Å². The Kier molecular flexibility index (Phi) is 7.77. The minimum Gasteiger partial charge on any atom is -0.326 e. The predicted molar refractivity (Wildman–Crippen MR) is 111 cm³/mol. The fraction of sp³-hybridized carbons (Fsp3) is 0.190. The molecule has 2 rings (SSSR count). The first-order valence-electron chi connectivity index (χ1n) is 8.73. The number of amides is 3. The second-order valence-corrected chi connectivity index (χ2v) is 6.67. The molecular formula is C21H22ClN3O3. The third kappa shape index (κ3) is 6.89. The van der Waals surface area contributed by atoms with Crippen LogP contribution in [0.15, 0.2) is 48.5 Å². The Labute approximate surface area is 168 Å². The van der Waals surface area contributed by atoms with Crippen LogP contribution in [-0.4, -0.2) is 17.7 Å². The summed E-state index contributed by atoms with van der Waals surface area (Å²) in [6.07, 6.45) is 2.76. The Hall–Kier alpha value is -3.12. The molecule has 0 atom stereocenters. The van der Waals surface area contributed by atoms with Crippen molar-refractivity contribution in [3.05, 3.63) is 70.3 Å². The first-order chi connectivity index (χ1) is 13.3. The van der Waals surface area contributed by atoms with Gasteiger partial charge in [-0.25, -0.2) is 0 Å². The molecule has 0 aromatic heterocycles. The quantitative estimate of drug-likeness (QED) is 0.513. The molecule has 2 aromatic carbocycles. The standard InChI is InChI=1S/C21H22ClN3O3/c1-14-7-9-18(15(2)13-14)23-19(26)11-12-21(28)25-24-20(27)10-8-16-5-3-4-6-17(16)22/h3-10,13H,11-12H2,1-2H3,(H,23,26)(H,24,27)(H,25,28). The lowest BCUT2D eigenvalue weighted by Crippen LogP contribution is -2.41. The molecule has 0 spiro atoms. The first-order valence-corrected chi connectivity index (χ1v) is 9.11. The average molecular weight is 400 g/mol. The van der Waals surface area contributed by atoms with Crippen LogP contribution in [0.25, 0.3) is 6.08 Å². The second kappa shape index (κ2) is 10.3. The van der Waals surface area contributed by atoms with E-state index in [1.54, 1.807) is 30.3 Å². The van der Waals surface area contributed by atoms with Gasteiger partial charge in [0.1, 0.15) is 0 Å². The zero-order valence-electron chi connectivity index (χ0n) is 15.7. The normalized spacial score (nSPS) is 10.5. The highest BCUT2D eigenvalue weighted by molar-refractivity contribution is 6.32. The van der Waals surface area contributed by atoms with Crippen molar-refractivity contribution in [2.75, 3.05) is 5.32 Å². The molecule has 3 amide bonds. The van der Waals surface area contributed by atoms with E-state index in [0.29, 0.717) is 16.3 Å². The van der Waals surface area contributed by atoms with Crippen LogP contribution in [0, 0.1) is 13.8 Å². The number of carbonyl (C=O) groups is 3. The number of hydrazine groups is 1. The van der Waals surface area contributed by atoms with Crippen LogP contribution in [0.2, 0.25) is 5.02 Å². The van der Waals surface area contributed by atoms with Gasteiger partial charge in [-0.2, -0.15) is 0 Å². The molecular weight excluding hydrogens is 378 g/mol. The first kappa shape index (κ1) is 21.2. The van der Waals surface area contributed by atoms with Crippen molar-refractivity contribution in [1.82, 2.24) is 10.9 Å². The number of rotatable bonds is 6. The fourth-order valence-electron chi connectivity index (χ4n) is 2.40. The van der Waals surface area contributed by atoms with Crippen molar-refractivity contribution in [2.24, 2.45) is 0 Å². The molecule has 6 nitrogen and oxygen atoms in total. The maximum Gasteiger partial charge on any atom is 0.262 e. The van der Waals surface area contributed by atoms with Crippen molar-refractivity contribution in [1.29, 1.82) is 0 Å². The van der Waals surface area contributed by atoms with Crippen molar-refractivity contribution >= 4 is 41.1 Å². The van der Waals surface area contributed by atoms with E-state index in [4.69, 9.17) is 11.6 Å². The number of aryl methyl sites for hydroxylation is 2. The maximum absolute atomic E-state index is 12.0. The molecule has 0 saturated heterocycles. The topological polar surface area (TPSA) is 87.3 Å². The summed E-state index contributed by atoms with van der Waals surface area (Å²) < 4.78 is 0. The van der Waals surface area contributed by atoms with E-state index in [1.165, 1.54) is 6.08 Å². The Balaban J connectivity index is 1.72. The SMILES string of the molecule is Cc1ccc(NC(=O)CCC(=O)NNC(=O)C=Cc2ccccc2Cl)c(C)c1. The van der Waals surface area contributed by atoms with E-state index >= 15 is 0 Å². The third-order valence-electron chi connectivity index (χ3n) is 3.88. The summed E-state index contributed by atoms with van der Waals surface area (Å²) in [5, 5.41) is 3.29. The van der Waals surface area contributed by atoms with E-state index in [1.807, 2.05) is 32.0 Å². The summed E-state index contributed by atoms with van der Waals surface area (Å²) in [7, 11) is 0. The third-order valence-corrected chi connectivity index (χ3v) is 4.22. The highest BCUT2D eigenvalue weighted by Crippen LogP contribution is 2.17. The highest BCUT2D eigenvalue weighted by Gasteiger charge is 2.09. The molecule has 146 valence electrons. The summed E-state index contributed by atoms with van der Waals surface area (Å²) >= 11 is 5.99. The summed E-state index contributed by atoms with van der Waals surface area (Å²) in [6.45, 7) is 3.88. The molecule has 0 fully saturated rings. The lowest BCUT2D eigenvalue weighted by molar-refractivity contribution is -0.128. The van der Waals surface area contributed by atoms with Gasteiger partial charge in [0.25, 0.3) is 5.91 Å². The number of hydrogen-bond acceptors (Lipinski definition) is 3. The average Bonchev–Trinajstić information content (AvgIpc) is 2.66. The zero-order chi connectivity index (χ0) is 20.5. The lowest BCUT2D eigenvalue weighted by Gasteiger charge is -2.09. The van der Waals surface area contributed by atoms with Crippen LogP contribution in [-0.2, 0) is 14.4 Å². The van der Waals surface area contributed by atoms with Gasteiger partial charge in [-0.1, -0.05) is 47.5 Å². The molecule has 0 saturated carbocycles. The summed E-state index contributed by atoms with van der Waals surface area (Å²) in [5.41, 5.74) is 7.99. The molecule has 0 unspecified atom stereocenters. The van der Waals surface area contributed by atoms with Crippen LogP contribution in [0.3, 0.4) is 0 Å². The summed E-state index contributed by atoms with van der Waals surface area (Å²) in [6, 6.07) is 12.8. The smallest absolute Gasteiger partial charge is 0.262 e. The lowest BCUT2D eigenvalue weighted by atomic mass is 10.1. The van der Waals surface area contributed by atoms with Crippen LogP contribution < -0.4 is 16.2 Å². The van der Waals surface area contributed by atoms with Crippen molar-refractivity contribution < 1.29 is 14.4 Å². The van der Waals surface area contributed by atoms with Gasteiger partial charge in [0.15, 0.2) is 0 Å². The Morgan fingerprint density at radius 1 is 0.964 bits per heavy atom. The predicted octanol–water partition coefficient (Wildman–Crippen LogP) is 3.54. The van der Waals surface area contributed by atoms with E-state index in [-0.39, 0.29) is 18.7 Å². The summed E-state index contributed by atoms with van der Waals surface area (Å²) in [4.78, 5) is 35.5. The molecule has 0 aliphatic heterocycles. The Morgan fingerprint density at radius 3 is 2.39 bits per heavy atom. The van der Waals surface area contributed by atoms with Gasteiger partial charge in [-0.3, -0.25) is 25.2 Å². The highest BCUT2D eigenvalue weighted by atomic mass is 35.5. The molecule has 0 heterocycles. The largest absolute Gasteiger partial charge is 0.326 e. The molecule has 2 aromatic rings. The molecule has 0 aliphatic carbocycles. The van der Waals surface area contributed by atoms with Gasteiger partial charge in [-0.15, -0.1) is 0 Å².